The van der Waals surface area contributed by atoms with Crippen molar-refractivity contribution in [2.75, 3.05) is 5.32 Å². The zero-order valence-electron chi connectivity index (χ0n) is 12.0. The summed E-state index contributed by atoms with van der Waals surface area (Å²) in [5.41, 5.74) is 1.79. The smallest absolute Gasteiger partial charge is 0.408 e. The van der Waals surface area contributed by atoms with Crippen LogP contribution in [0, 0.1) is 11.3 Å². The summed E-state index contributed by atoms with van der Waals surface area (Å²) >= 11 is 0. The minimum Gasteiger partial charge on any atom is -0.439 e. The molecule has 2 N–H and O–H groups in total. The summed E-state index contributed by atoms with van der Waals surface area (Å²) in [6.07, 6.45) is -1.30. The summed E-state index contributed by atoms with van der Waals surface area (Å²) in [6, 6.07) is 16.7. The number of nitrogens with one attached hydrogen (secondary N) is 2. The molecule has 6 nitrogen and oxygen atoms in total. The molecule has 1 fully saturated rings. The van der Waals surface area contributed by atoms with Crippen LogP contribution in [0.4, 0.5) is 10.5 Å². The Balaban J connectivity index is 1.77. The maximum atomic E-state index is 12.4. The van der Waals surface area contributed by atoms with Crippen LogP contribution in [-0.2, 0) is 9.53 Å². The molecule has 6 heteroatoms. The van der Waals surface area contributed by atoms with Crippen molar-refractivity contribution in [2.24, 2.45) is 0 Å². The second-order valence-corrected chi connectivity index (χ2v) is 5.04. The number of nitriles is 1. The number of hydrogen-bond acceptors (Lipinski definition) is 4. The minimum atomic E-state index is -0.819. The van der Waals surface area contributed by atoms with E-state index < -0.39 is 18.2 Å². The molecular weight excluding hydrogens is 294 g/mol. The molecule has 0 spiro atoms. The fraction of sp³-hybridized carbons (Fsp3) is 0.118. The van der Waals surface area contributed by atoms with Crippen molar-refractivity contribution in [3.8, 4) is 6.07 Å². The van der Waals surface area contributed by atoms with Crippen LogP contribution < -0.4 is 10.6 Å². The topological polar surface area (TPSA) is 91.2 Å². The first-order valence-electron chi connectivity index (χ1n) is 7.00. The molecular formula is C17H13N3O3. The molecule has 2 atom stereocenters. The number of benzene rings is 2. The van der Waals surface area contributed by atoms with E-state index in [1.54, 1.807) is 36.4 Å². The molecule has 3 rings (SSSR count). The predicted molar refractivity (Wildman–Crippen MR) is 82.4 cm³/mol. The first-order chi connectivity index (χ1) is 11.2. The highest BCUT2D eigenvalue weighted by molar-refractivity contribution is 5.98. The Hall–Kier alpha value is -3.33. The van der Waals surface area contributed by atoms with Gasteiger partial charge in [-0.2, -0.15) is 5.26 Å². The number of amides is 2. The lowest BCUT2D eigenvalue weighted by Gasteiger charge is -2.17. The van der Waals surface area contributed by atoms with Gasteiger partial charge in [-0.05, 0) is 29.8 Å². The van der Waals surface area contributed by atoms with Gasteiger partial charge in [0.2, 0.25) is 0 Å². The van der Waals surface area contributed by atoms with E-state index >= 15 is 0 Å². The van der Waals surface area contributed by atoms with E-state index in [1.807, 2.05) is 24.3 Å². The van der Waals surface area contributed by atoms with E-state index in [9.17, 15) is 9.59 Å². The van der Waals surface area contributed by atoms with Crippen LogP contribution in [0.1, 0.15) is 17.2 Å². The summed E-state index contributed by atoms with van der Waals surface area (Å²) < 4.78 is 5.20. The number of ether oxygens (including phenoxy) is 1. The highest BCUT2D eigenvalue weighted by Crippen LogP contribution is 2.27. The minimum absolute atomic E-state index is 0.380. The normalized spacial score (nSPS) is 19.3. The van der Waals surface area contributed by atoms with Gasteiger partial charge in [0, 0.05) is 5.69 Å². The van der Waals surface area contributed by atoms with Crippen molar-refractivity contribution in [1.82, 2.24) is 5.32 Å². The highest BCUT2D eigenvalue weighted by atomic mass is 16.6. The maximum Gasteiger partial charge on any atom is 0.408 e. The molecule has 2 aromatic carbocycles. The third-order valence-electron chi connectivity index (χ3n) is 3.50. The van der Waals surface area contributed by atoms with Gasteiger partial charge in [0.15, 0.2) is 12.1 Å². The van der Waals surface area contributed by atoms with Gasteiger partial charge in [0.05, 0.1) is 11.6 Å². The second kappa shape index (κ2) is 6.20. The van der Waals surface area contributed by atoms with E-state index in [0.717, 1.165) is 5.56 Å². The maximum absolute atomic E-state index is 12.4. The van der Waals surface area contributed by atoms with Crippen LogP contribution in [0.3, 0.4) is 0 Å². The average Bonchev–Trinajstić information content (AvgIpc) is 2.98. The zero-order chi connectivity index (χ0) is 16.2. The van der Waals surface area contributed by atoms with Gasteiger partial charge in [-0.1, -0.05) is 30.3 Å². The molecule has 1 aliphatic rings. The van der Waals surface area contributed by atoms with Crippen molar-refractivity contribution >= 4 is 17.7 Å². The largest absolute Gasteiger partial charge is 0.439 e. The van der Waals surface area contributed by atoms with E-state index in [0.29, 0.717) is 11.3 Å². The Morgan fingerprint density at radius 2 is 1.83 bits per heavy atom. The van der Waals surface area contributed by atoms with Gasteiger partial charge in [-0.3, -0.25) is 4.79 Å². The van der Waals surface area contributed by atoms with Gasteiger partial charge in [0.25, 0.3) is 5.91 Å². The van der Waals surface area contributed by atoms with Gasteiger partial charge in [-0.25, -0.2) is 4.79 Å². The lowest BCUT2D eigenvalue weighted by molar-refractivity contribution is -0.119. The lowest BCUT2D eigenvalue weighted by atomic mass is 10.0. The average molecular weight is 307 g/mol. The molecule has 0 saturated carbocycles. The van der Waals surface area contributed by atoms with E-state index in [-0.39, 0.29) is 5.91 Å². The van der Waals surface area contributed by atoms with Crippen molar-refractivity contribution < 1.29 is 14.3 Å². The summed E-state index contributed by atoms with van der Waals surface area (Å²) in [5, 5.41) is 14.0. The highest BCUT2D eigenvalue weighted by Gasteiger charge is 2.40. The fourth-order valence-corrected chi connectivity index (χ4v) is 2.37. The van der Waals surface area contributed by atoms with Crippen LogP contribution in [0.2, 0.25) is 0 Å². The number of rotatable bonds is 3. The standard InChI is InChI=1S/C17H13N3O3/c18-10-11-6-8-13(9-7-11)19-16(21)14-15(23-17(22)20-14)12-4-2-1-3-5-12/h1-9,14-15H,(H,19,21)(H,20,22). The number of alkyl carbamates (subject to hydrolysis) is 1. The molecule has 0 aromatic heterocycles. The SMILES string of the molecule is N#Cc1ccc(NC(=O)C2NC(=O)OC2c2ccccc2)cc1. The second-order valence-electron chi connectivity index (χ2n) is 5.04. The zero-order valence-corrected chi connectivity index (χ0v) is 12.0. The third kappa shape index (κ3) is 3.14. The molecule has 1 saturated heterocycles. The van der Waals surface area contributed by atoms with Crippen LogP contribution in [-0.4, -0.2) is 18.0 Å². The summed E-state index contributed by atoms with van der Waals surface area (Å²) in [6.45, 7) is 0. The lowest BCUT2D eigenvalue weighted by Crippen LogP contribution is -2.40. The van der Waals surface area contributed by atoms with Crippen LogP contribution in [0.25, 0.3) is 0 Å². The summed E-state index contributed by atoms with van der Waals surface area (Å²) in [4.78, 5) is 24.0. The summed E-state index contributed by atoms with van der Waals surface area (Å²) in [5.74, 6) is -0.380. The first kappa shape index (κ1) is 14.6. The van der Waals surface area contributed by atoms with Crippen molar-refractivity contribution in [3.63, 3.8) is 0 Å². The van der Waals surface area contributed by atoms with Gasteiger partial charge in [0.1, 0.15) is 0 Å². The Kier molecular flexibility index (Phi) is 3.93. The predicted octanol–water partition coefficient (Wildman–Crippen LogP) is 2.35. The van der Waals surface area contributed by atoms with Crippen LogP contribution in [0.15, 0.2) is 54.6 Å². The Morgan fingerprint density at radius 1 is 1.13 bits per heavy atom. The Morgan fingerprint density at radius 3 is 2.48 bits per heavy atom. The number of hydrogen-bond donors (Lipinski definition) is 2. The number of cyclic esters (lactones) is 1. The van der Waals surface area contributed by atoms with E-state index in [1.165, 1.54) is 0 Å². The third-order valence-corrected chi connectivity index (χ3v) is 3.50. The van der Waals surface area contributed by atoms with Gasteiger partial charge >= 0.3 is 6.09 Å². The number of carbonyl (C=O) groups is 2. The first-order valence-corrected chi connectivity index (χ1v) is 7.00. The molecule has 1 aliphatic heterocycles. The van der Waals surface area contributed by atoms with Crippen LogP contribution in [0.5, 0.6) is 0 Å². The number of carbonyl (C=O) groups excluding carboxylic acids is 2. The monoisotopic (exact) mass is 307 g/mol. The molecule has 23 heavy (non-hydrogen) atoms. The van der Waals surface area contributed by atoms with Crippen molar-refractivity contribution in [2.45, 2.75) is 12.1 Å². The molecule has 0 aliphatic carbocycles. The van der Waals surface area contributed by atoms with Gasteiger partial charge in [-0.15, -0.1) is 0 Å². The van der Waals surface area contributed by atoms with E-state index in [2.05, 4.69) is 10.6 Å². The Bertz CT molecular complexity index is 766. The number of nitrogens with zero attached hydrogens (tertiary/aromatic N) is 1. The van der Waals surface area contributed by atoms with Crippen molar-refractivity contribution in [3.05, 3.63) is 65.7 Å². The molecule has 2 unspecified atom stereocenters. The quantitative estimate of drug-likeness (QED) is 0.910. The van der Waals surface area contributed by atoms with Gasteiger partial charge < -0.3 is 15.4 Å². The molecule has 2 aromatic rings. The summed E-state index contributed by atoms with van der Waals surface area (Å²) in [7, 11) is 0. The van der Waals surface area contributed by atoms with E-state index in [4.69, 9.17) is 10.00 Å². The molecule has 114 valence electrons. The van der Waals surface area contributed by atoms with Crippen LogP contribution >= 0.6 is 0 Å². The molecule has 0 radical (unpaired) electrons. The molecule has 0 bridgehead atoms. The van der Waals surface area contributed by atoms with Crippen molar-refractivity contribution in [1.29, 1.82) is 5.26 Å². The molecule has 1 heterocycles. The fourth-order valence-electron chi connectivity index (χ4n) is 2.37. The molecule has 2 amide bonds. The Labute approximate surface area is 132 Å². The number of anilines is 1.